The van der Waals surface area contributed by atoms with E-state index in [-0.39, 0.29) is 0 Å². The Bertz CT molecular complexity index is 515. The van der Waals surface area contributed by atoms with Gasteiger partial charge in [-0.3, -0.25) is 0 Å². The summed E-state index contributed by atoms with van der Waals surface area (Å²) < 4.78 is 1.13. The van der Waals surface area contributed by atoms with Gasteiger partial charge in [0.05, 0.1) is 10.3 Å². The molecule has 3 N–H and O–H groups in total. The first-order valence-electron chi connectivity index (χ1n) is 4.84. The van der Waals surface area contributed by atoms with Crippen LogP contribution in [0.1, 0.15) is 4.88 Å². The molecule has 0 bridgehead atoms. The van der Waals surface area contributed by atoms with Gasteiger partial charge < -0.3 is 11.1 Å². The molecule has 0 aliphatic carbocycles. The van der Waals surface area contributed by atoms with E-state index in [1.54, 1.807) is 17.4 Å². The van der Waals surface area contributed by atoms with Crippen LogP contribution >= 0.6 is 39.0 Å². The Hall–Kier alpha value is -0.790. The van der Waals surface area contributed by atoms with Gasteiger partial charge in [-0.15, -0.1) is 11.3 Å². The summed E-state index contributed by atoms with van der Waals surface area (Å²) in [7, 11) is 0. The summed E-state index contributed by atoms with van der Waals surface area (Å²) in [6.07, 6.45) is 1.93. The van der Waals surface area contributed by atoms with Gasteiger partial charge in [0, 0.05) is 10.9 Å². The standard InChI is InChI=1S/C10H11BrN4S2/c1-16-10-14-8(12)4-9(15-10)13-5-6-2-3-7(11)17-6/h2-4H,5H2,1H3,(H3,12,13,14,15). The van der Waals surface area contributed by atoms with E-state index in [1.165, 1.54) is 16.6 Å². The highest BCUT2D eigenvalue weighted by atomic mass is 79.9. The Kier molecular flexibility index (Phi) is 4.25. The second kappa shape index (κ2) is 5.70. The van der Waals surface area contributed by atoms with Crippen molar-refractivity contribution in [3.8, 4) is 0 Å². The van der Waals surface area contributed by atoms with Crippen LogP contribution in [0.2, 0.25) is 0 Å². The van der Waals surface area contributed by atoms with Gasteiger partial charge in [-0.1, -0.05) is 11.8 Å². The Morgan fingerprint density at radius 1 is 1.47 bits per heavy atom. The molecular formula is C10H11BrN4S2. The number of hydrogen-bond donors (Lipinski definition) is 2. The smallest absolute Gasteiger partial charge is 0.191 e. The number of thiophene rings is 1. The van der Waals surface area contributed by atoms with Gasteiger partial charge in [-0.05, 0) is 34.3 Å². The lowest BCUT2D eigenvalue weighted by Crippen LogP contribution is -2.03. The molecule has 90 valence electrons. The second-order valence-electron chi connectivity index (χ2n) is 3.22. The summed E-state index contributed by atoms with van der Waals surface area (Å²) in [5.74, 6) is 1.24. The lowest BCUT2D eigenvalue weighted by atomic mass is 10.4. The van der Waals surface area contributed by atoms with Crippen molar-refractivity contribution in [2.24, 2.45) is 0 Å². The van der Waals surface area contributed by atoms with Gasteiger partial charge >= 0.3 is 0 Å². The molecule has 0 spiro atoms. The second-order valence-corrected chi connectivity index (χ2v) is 6.55. The monoisotopic (exact) mass is 330 g/mol. The minimum absolute atomic E-state index is 0.485. The molecule has 0 amide bonds. The van der Waals surface area contributed by atoms with Crippen molar-refractivity contribution in [2.75, 3.05) is 17.3 Å². The predicted octanol–water partition coefficient (Wildman–Crippen LogP) is 3.22. The highest BCUT2D eigenvalue weighted by molar-refractivity contribution is 9.11. The van der Waals surface area contributed by atoms with Crippen LogP contribution in [0.15, 0.2) is 27.1 Å². The average Bonchev–Trinajstić information content (AvgIpc) is 2.72. The van der Waals surface area contributed by atoms with E-state index in [1.807, 2.05) is 12.3 Å². The van der Waals surface area contributed by atoms with E-state index >= 15 is 0 Å². The molecule has 2 aromatic heterocycles. The van der Waals surface area contributed by atoms with Crippen molar-refractivity contribution in [1.29, 1.82) is 0 Å². The number of halogens is 1. The number of nitrogens with one attached hydrogen (secondary N) is 1. The van der Waals surface area contributed by atoms with Crippen LogP contribution in [0.5, 0.6) is 0 Å². The molecule has 17 heavy (non-hydrogen) atoms. The van der Waals surface area contributed by atoms with Crippen LogP contribution in [-0.2, 0) is 6.54 Å². The maximum Gasteiger partial charge on any atom is 0.191 e. The zero-order valence-electron chi connectivity index (χ0n) is 9.11. The van der Waals surface area contributed by atoms with Crippen molar-refractivity contribution >= 4 is 50.7 Å². The first-order valence-corrected chi connectivity index (χ1v) is 7.67. The summed E-state index contributed by atoms with van der Waals surface area (Å²) >= 11 is 6.61. The molecule has 7 heteroatoms. The molecule has 4 nitrogen and oxygen atoms in total. The fraction of sp³-hybridized carbons (Fsp3) is 0.200. The minimum Gasteiger partial charge on any atom is -0.383 e. The van der Waals surface area contributed by atoms with Crippen LogP contribution in [0.4, 0.5) is 11.6 Å². The van der Waals surface area contributed by atoms with E-state index < -0.39 is 0 Å². The van der Waals surface area contributed by atoms with Crippen molar-refractivity contribution in [1.82, 2.24) is 9.97 Å². The number of nitrogens with two attached hydrogens (primary N) is 1. The largest absolute Gasteiger partial charge is 0.383 e. The molecule has 0 atom stereocenters. The summed E-state index contributed by atoms with van der Waals surface area (Å²) in [6, 6.07) is 5.84. The molecule has 2 rings (SSSR count). The molecule has 0 radical (unpaired) electrons. The van der Waals surface area contributed by atoms with Crippen molar-refractivity contribution in [3.63, 3.8) is 0 Å². The maximum atomic E-state index is 5.70. The number of nitrogens with zero attached hydrogens (tertiary/aromatic N) is 2. The number of nitrogen functional groups attached to an aromatic ring is 1. The summed E-state index contributed by atoms with van der Waals surface area (Å²) in [6.45, 7) is 0.737. The lowest BCUT2D eigenvalue weighted by Gasteiger charge is -2.06. The average molecular weight is 331 g/mol. The molecule has 0 aliphatic heterocycles. The molecule has 0 fully saturated rings. The summed E-state index contributed by atoms with van der Waals surface area (Å²) in [4.78, 5) is 9.66. The first-order chi connectivity index (χ1) is 8.17. The van der Waals surface area contributed by atoms with Crippen LogP contribution in [0.25, 0.3) is 0 Å². The van der Waals surface area contributed by atoms with E-state index in [2.05, 4.69) is 37.3 Å². The van der Waals surface area contributed by atoms with Gasteiger partial charge in [-0.2, -0.15) is 0 Å². The van der Waals surface area contributed by atoms with Crippen LogP contribution in [0, 0.1) is 0 Å². The molecular weight excluding hydrogens is 320 g/mol. The normalized spacial score (nSPS) is 10.5. The van der Waals surface area contributed by atoms with Gasteiger partial charge in [0.15, 0.2) is 5.16 Å². The van der Waals surface area contributed by atoms with Gasteiger partial charge in [0.1, 0.15) is 11.6 Å². The number of rotatable bonds is 4. The van der Waals surface area contributed by atoms with E-state index in [0.29, 0.717) is 11.0 Å². The third kappa shape index (κ3) is 3.58. The third-order valence-corrected chi connectivity index (χ3v) is 4.15. The quantitative estimate of drug-likeness (QED) is 0.665. The van der Waals surface area contributed by atoms with Crippen LogP contribution in [0.3, 0.4) is 0 Å². The first kappa shape index (κ1) is 12.7. The third-order valence-electron chi connectivity index (χ3n) is 1.98. The summed E-state index contributed by atoms with van der Waals surface area (Å²) in [5, 5.41) is 3.92. The van der Waals surface area contributed by atoms with Crippen molar-refractivity contribution in [2.45, 2.75) is 11.7 Å². The maximum absolute atomic E-state index is 5.70. The predicted molar refractivity (Wildman–Crippen MR) is 77.6 cm³/mol. The zero-order valence-corrected chi connectivity index (χ0v) is 12.3. The minimum atomic E-state index is 0.485. The SMILES string of the molecule is CSc1nc(N)cc(NCc2ccc(Br)s2)n1. The molecule has 0 aliphatic rings. The van der Waals surface area contributed by atoms with Gasteiger partial charge in [0.2, 0.25) is 0 Å². The Morgan fingerprint density at radius 3 is 2.94 bits per heavy atom. The molecule has 2 heterocycles. The Morgan fingerprint density at radius 2 is 2.29 bits per heavy atom. The molecule has 0 aromatic carbocycles. The van der Waals surface area contributed by atoms with Crippen molar-refractivity contribution in [3.05, 3.63) is 26.9 Å². The van der Waals surface area contributed by atoms with E-state index in [0.717, 1.165) is 16.1 Å². The summed E-state index contributed by atoms with van der Waals surface area (Å²) in [5.41, 5.74) is 5.70. The number of anilines is 2. The van der Waals surface area contributed by atoms with Gasteiger partial charge in [0.25, 0.3) is 0 Å². The number of thioether (sulfide) groups is 1. The topological polar surface area (TPSA) is 63.8 Å². The van der Waals surface area contributed by atoms with Gasteiger partial charge in [-0.25, -0.2) is 9.97 Å². The Balaban J connectivity index is 2.05. The van der Waals surface area contributed by atoms with Crippen molar-refractivity contribution < 1.29 is 0 Å². The van der Waals surface area contributed by atoms with Crippen LogP contribution < -0.4 is 11.1 Å². The Labute approximate surface area is 116 Å². The zero-order chi connectivity index (χ0) is 12.3. The molecule has 0 saturated carbocycles. The van der Waals surface area contributed by atoms with Crippen LogP contribution in [-0.4, -0.2) is 16.2 Å². The number of hydrogen-bond acceptors (Lipinski definition) is 6. The fourth-order valence-electron chi connectivity index (χ4n) is 1.25. The molecule has 0 saturated heterocycles. The highest BCUT2D eigenvalue weighted by Gasteiger charge is 2.02. The van der Waals surface area contributed by atoms with E-state index in [4.69, 9.17) is 5.73 Å². The highest BCUT2D eigenvalue weighted by Crippen LogP contribution is 2.23. The lowest BCUT2D eigenvalue weighted by molar-refractivity contribution is 0.967. The molecule has 2 aromatic rings. The number of aromatic nitrogens is 2. The molecule has 0 unspecified atom stereocenters. The fourth-order valence-corrected chi connectivity index (χ4v) is 3.06. The van der Waals surface area contributed by atoms with E-state index in [9.17, 15) is 0 Å².